The average Bonchev–Trinajstić information content (AvgIpc) is 2.00. The van der Waals surface area contributed by atoms with Crippen LogP contribution in [0, 0.1) is 11.3 Å². The molecule has 0 aromatic carbocycles. The molecule has 0 aliphatic carbocycles. The second-order valence-electron chi connectivity index (χ2n) is 4.71. The molecule has 14 heavy (non-hydrogen) atoms. The van der Waals surface area contributed by atoms with Crippen LogP contribution in [-0.4, -0.2) is 29.2 Å². The van der Waals surface area contributed by atoms with Crippen molar-refractivity contribution in [3.8, 4) is 6.07 Å². The van der Waals surface area contributed by atoms with Crippen molar-refractivity contribution in [1.82, 2.24) is 4.90 Å². The molecule has 0 aliphatic heterocycles. The minimum absolute atomic E-state index is 0.482. The van der Waals surface area contributed by atoms with Crippen molar-refractivity contribution in [2.75, 3.05) is 7.05 Å². The Bertz CT molecular complexity index is 258. The van der Waals surface area contributed by atoms with Gasteiger partial charge in [0, 0.05) is 7.05 Å². The fourth-order valence-corrected chi connectivity index (χ4v) is 0.634. The Hall–Kier alpha value is -1.24. The van der Waals surface area contributed by atoms with Crippen LogP contribution in [-0.2, 0) is 4.74 Å². The van der Waals surface area contributed by atoms with Crippen LogP contribution in [0.3, 0.4) is 0 Å². The average molecular weight is 198 g/mol. The first-order valence-corrected chi connectivity index (χ1v) is 4.48. The molecular weight excluding hydrogens is 180 g/mol. The minimum atomic E-state index is -0.845. The van der Waals surface area contributed by atoms with E-state index in [0.29, 0.717) is 0 Å². The van der Waals surface area contributed by atoms with Crippen LogP contribution in [0.1, 0.15) is 34.6 Å². The highest BCUT2D eigenvalue weighted by Gasteiger charge is 2.30. The maximum atomic E-state index is 11.5. The first kappa shape index (κ1) is 12.8. The maximum Gasteiger partial charge on any atom is 0.411 e. The molecule has 80 valence electrons. The summed E-state index contributed by atoms with van der Waals surface area (Å²) in [4.78, 5) is 12.8. The molecule has 0 N–H and O–H groups in total. The molecule has 0 atom stereocenters. The number of nitriles is 1. The fraction of sp³-hybridized carbons (Fsp3) is 0.800. The summed E-state index contributed by atoms with van der Waals surface area (Å²) < 4.78 is 5.12. The second kappa shape index (κ2) is 3.87. The lowest BCUT2D eigenvalue weighted by atomic mass is 10.1. The zero-order valence-electron chi connectivity index (χ0n) is 9.71. The molecule has 0 radical (unpaired) electrons. The van der Waals surface area contributed by atoms with Crippen LogP contribution in [0.4, 0.5) is 4.79 Å². The number of amides is 1. The van der Waals surface area contributed by atoms with Gasteiger partial charge in [0.2, 0.25) is 0 Å². The van der Waals surface area contributed by atoms with Crippen LogP contribution in [0.25, 0.3) is 0 Å². The Kier molecular flexibility index (Phi) is 3.53. The lowest BCUT2D eigenvalue weighted by molar-refractivity contribution is 0.0184. The van der Waals surface area contributed by atoms with Crippen molar-refractivity contribution >= 4 is 6.09 Å². The van der Waals surface area contributed by atoms with E-state index in [1.165, 1.54) is 4.90 Å². The minimum Gasteiger partial charge on any atom is -0.444 e. The lowest BCUT2D eigenvalue weighted by Crippen LogP contribution is -2.46. The molecule has 0 aromatic heterocycles. The molecule has 0 unspecified atom stereocenters. The molecule has 0 heterocycles. The van der Waals surface area contributed by atoms with Gasteiger partial charge in [-0.3, -0.25) is 4.90 Å². The quantitative estimate of drug-likeness (QED) is 0.648. The van der Waals surface area contributed by atoms with Crippen molar-refractivity contribution in [2.45, 2.75) is 45.8 Å². The van der Waals surface area contributed by atoms with Crippen molar-refractivity contribution in [2.24, 2.45) is 0 Å². The predicted octanol–water partition coefficient (Wildman–Crippen LogP) is 2.16. The van der Waals surface area contributed by atoms with E-state index in [2.05, 4.69) is 0 Å². The molecule has 0 aliphatic rings. The van der Waals surface area contributed by atoms with Crippen LogP contribution in [0.15, 0.2) is 0 Å². The number of ether oxygens (including phenoxy) is 1. The molecule has 0 aromatic rings. The molecule has 0 fully saturated rings. The SMILES string of the molecule is CN(C(=O)OC(C)(C)C)C(C)(C)C#N. The van der Waals surface area contributed by atoms with Gasteiger partial charge in [0.15, 0.2) is 0 Å². The Labute approximate surface area is 85.5 Å². The summed E-state index contributed by atoms with van der Waals surface area (Å²) in [6.45, 7) is 8.70. The Morgan fingerprint density at radius 1 is 1.29 bits per heavy atom. The second-order valence-corrected chi connectivity index (χ2v) is 4.71. The first-order chi connectivity index (χ1) is 6.10. The lowest BCUT2D eigenvalue weighted by Gasteiger charge is -2.31. The summed E-state index contributed by atoms with van der Waals surface area (Å²) in [5.41, 5.74) is -1.38. The summed E-state index contributed by atoms with van der Waals surface area (Å²) in [7, 11) is 1.55. The van der Waals surface area contributed by atoms with E-state index in [0.717, 1.165) is 0 Å². The van der Waals surface area contributed by atoms with Gasteiger partial charge in [-0.05, 0) is 34.6 Å². The van der Waals surface area contributed by atoms with Crippen LogP contribution < -0.4 is 0 Å². The first-order valence-electron chi connectivity index (χ1n) is 4.48. The van der Waals surface area contributed by atoms with Gasteiger partial charge >= 0.3 is 6.09 Å². The van der Waals surface area contributed by atoms with E-state index in [4.69, 9.17) is 10.00 Å². The molecule has 0 rings (SSSR count). The van der Waals surface area contributed by atoms with E-state index in [9.17, 15) is 4.79 Å². The van der Waals surface area contributed by atoms with E-state index < -0.39 is 17.2 Å². The summed E-state index contributed by atoms with van der Waals surface area (Å²) in [6.07, 6.45) is -0.482. The molecule has 0 spiro atoms. The Balaban J connectivity index is 4.51. The van der Waals surface area contributed by atoms with Gasteiger partial charge in [-0.2, -0.15) is 5.26 Å². The summed E-state index contributed by atoms with van der Waals surface area (Å²) in [5, 5.41) is 8.81. The monoisotopic (exact) mass is 198 g/mol. The number of nitrogens with zero attached hydrogens (tertiary/aromatic N) is 2. The number of carbonyl (C=O) groups is 1. The standard InChI is InChI=1S/C10H18N2O2/c1-9(2,3)14-8(13)12(6)10(4,5)7-11/h1-6H3. The van der Waals surface area contributed by atoms with Crippen LogP contribution >= 0.6 is 0 Å². The van der Waals surface area contributed by atoms with Gasteiger partial charge < -0.3 is 4.74 Å². The van der Waals surface area contributed by atoms with E-state index in [1.807, 2.05) is 6.07 Å². The van der Waals surface area contributed by atoms with E-state index in [1.54, 1.807) is 41.7 Å². The topological polar surface area (TPSA) is 53.3 Å². The van der Waals surface area contributed by atoms with E-state index >= 15 is 0 Å². The summed E-state index contributed by atoms with van der Waals surface area (Å²) >= 11 is 0. The van der Waals surface area contributed by atoms with Gasteiger partial charge in [0.05, 0.1) is 6.07 Å². The fourth-order valence-electron chi connectivity index (χ4n) is 0.634. The normalized spacial score (nSPS) is 11.8. The van der Waals surface area contributed by atoms with Crippen molar-refractivity contribution in [1.29, 1.82) is 5.26 Å². The molecular formula is C10H18N2O2. The largest absolute Gasteiger partial charge is 0.444 e. The van der Waals surface area contributed by atoms with Gasteiger partial charge in [-0.1, -0.05) is 0 Å². The van der Waals surface area contributed by atoms with Gasteiger partial charge in [-0.25, -0.2) is 4.79 Å². The molecule has 1 amide bonds. The van der Waals surface area contributed by atoms with Gasteiger partial charge in [0.1, 0.15) is 11.1 Å². The number of hydrogen-bond acceptors (Lipinski definition) is 3. The zero-order valence-corrected chi connectivity index (χ0v) is 9.71. The third-order valence-corrected chi connectivity index (χ3v) is 1.78. The predicted molar refractivity (Wildman–Crippen MR) is 53.7 cm³/mol. The summed E-state index contributed by atoms with van der Waals surface area (Å²) in [6, 6.07) is 2.03. The smallest absolute Gasteiger partial charge is 0.411 e. The molecule has 0 bridgehead atoms. The third kappa shape index (κ3) is 3.65. The Morgan fingerprint density at radius 3 is 2.00 bits per heavy atom. The third-order valence-electron chi connectivity index (χ3n) is 1.78. The summed E-state index contributed by atoms with van der Waals surface area (Å²) in [5.74, 6) is 0. The van der Waals surface area contributed by atoms with Crippen molar-refractivity contribution in [3.05, 3.63) is 0 Å². The van der Waals surface area contributed by atoms with E-state index in [-0.39, 0.29) is 0 Å². The van der Waals surface area contributed by atoms with Crippen molar-refractivity contribution in [3.63, 3.8) is 0 Å². The van der Waals surface area contributed by atoms with Crippen LogP contribution in [0.2, 0.25) is 0 Å². The number of rotatable bonds is 1. The zero-order chi connectivity index (χ0) is 11.6. The van der Waals surface area contributed by atoms with Gasteiger partial charge in [0.25, 0.3) is 0 Å². The highest BCUT2D eigenvalue weighted by Crippen LogP contribution is 2.15. The van der Waals surface area contributed by atoms with Crippen LogP contribution in [0.5, 0.6) is 0 Å². The highest BCUT2D eigenvalue weighted by molar-refractivity contribution is 5.69. The molecule has 4 nitrogen and oxygen atoms in total. The highest BCUT2D eigenvalue weighted by atomic mass is 16.6. The number of carbonyl (C=O) groups excluding carboxylic acids is 1. The molecule has 0 saturated carbocycles. The van der Waals surface area contributed by atoms with Gasteiger partial charge in [-0.15, -0.1) is 0 Å². The molecule has 0 saturated heterocycles. The molecule has 4 heteroatoms. The maximum absolute atomic E-state index is 11.5. The van der Waals surface area contributed by atoms with Crippen molar-refractivity contribution < 1.29 is 9.53 Å². The number of hydrogen-bond donors (Lipinski definition) is 0. The Morgan fingerprint density at radius 2 is 1.71 bits per heavy atom.